The van der Waals surface area contributed by atoms with Crippen molar-refractivity contribution < 1.29 is 0 Å². The van der Waals surface area contributed by atoms with Crippen molar-refractivity contribution in [3.63, 3.8) is 0 Å². The van der Waals surface area contributed by atoms with Crippen molar-refractivity contribution in [2.75, 3.05) is 6.54 Å². The van der Waals surface area contributed by atoms with E-state index in [1.165, 1.54) is 45.1 Å². The third kappa shape index (κ3) is 3.30. The van der Waals surface area contributed by atoms with E-state index >= 15 is 0 Å². The lowest BCUT2D eigenvalue weighted by molar-refractivity contribution is 0.283. The summed E-state index contributed by atoms with van der Waals surface area (Å²) in [6.07, 6.45) is 8.26. The number of unbranched alkanes of at least 4 members (excludes halogenated alkanes) is 2. The van der Waals surface area contributed by atoms with Crippen LogP contribution in [0.5, 0.6) is 0 Å². The lowest BCUT2D eigenvalue weighted by Crippen LogP contribution is -2.38. The minimum Gasteiger partial charge on any atom is -0.313 e. The minimum absolute atomic E-state index is 0.548. The predicted molar refractivity (Wildman–Crippen MR) is 58.9 cm³/mol. The zero-order valence-corrected chi connectivity index (χ0v) is 9.53. The molecule has 1 saturated carbocycles. The number of hydrogen-bond donors (Lipinski definition) is 1. The summed E-state index contributed by atoms with van der Waals surface area (Å²) < 4.78 is 0. The van der Waals surface area contributed by atoms with Crippen molar-refractivity contribution in [3.05, 3.63) is 0 Å². The van der Waals surface area contributed by atoms with E-state index in [9.17, 15) is 0 Å². The van der Waals surface area contributed by atoms with Crippen LogP contribution >= 0.6 is 0 Å². The molecule has 1 unspecified atom stereocenters. The quantitative estimate of drug-likeness (QED) is 0.645. The molecular weight excluding hydrogens is 158 g/mol. The average molecular weight is 183 g/mol. The highest BCUT2D eigenvalue weighted by Crippen LogP contribution is 2.36. The first-order valence-corrected chi connectivity index (χ1v) is 5.90. The van der Waals surface area contributed by atoms with Gasteiger partial charge in [-0.3, -0.25) is 0 Å². The largest absolute Gasteiger partial charge is 0.313 e. The maximum Gasteiger partial charge on any atom is 0.0118 e. The van der Waals surface area contributed by atoms with Crippen LogP contribution in [-0.4, -0.2) is 12.6 Å². The molecule has 0 aliphatic heterocycles. The van der Waals surface area contributed by atoms with Crippen LogP contribution in [0, 0.1) is 5.41 Å². The lowest BCUT2D eigenvalue weighted by atomic mass is 9.87. The molecule has 0 aromatic carbocycles. The van der Waals surface area contributed by atoms with Crippen LogP contribution in [0.1, 0.15) is 59.3 Å². The van der Waals surface area contributed by atoms with Gasteiger partial charge in [-0.15, -0.1) is 0 Å². The summed E-state index contributed by atoms with van der Waals surface area (Å²) in [5.41, 5.74) is 0.548. The molecule has 0 aromatic rings. The monoisotopic (exact) mass is 183 g/mol. The summed E-state index contributed by atoms with van der Waals surface area (Å²) in [5.74, 6) is 0. The summed E-state index contributed by atoms with van der Waals surface area (Å²) in [4.78, 5) is 0. The summed E-state index contributed by atoms with van der Waals surface area (Å²) in [6.45, 7) is 8.29. The first kappa shape index (κ1) is 11.0. The van der Waals surface area contributed by atoms with Crippen LogP contribution in [0.15, 0.2) is 0 Å². The SMILES string of the molecule is CCCCCNC1CCCC1(C)C. The number of nitrogens with one attached hydrogen (secondary N) is 1. The van der Waals surface area contributed by atoms with Crippen molar-refractivity contribution in [3.8, 4) is 0 Å². The van der Waals surface area contributed by atoms with Gasteiger partial charge in [0, 0.05) is 6.04 Å². The molecule has 1 rings (SSSR count). The van der Waals surface area contributed by atoms with Gasteiger partial charge in [0.05, 0.1) is 0 Å². The van der Waals surface area contributed by atoms with Gasteiger partial charge in [0.25, 0.3) is 0 Å². The summed E-state index contributed by atoms with van der Waals surface area (Å²) >= 11 is 0. The molecule has 1 nitrogen and oxygen atoms in total. The highest BCUT2D eigenvalue weighted by atomic mass is 14.9. The molecule has 1 aliphatic carbocycles. The molecule has 0 aromatic heterocycles. The molecule has 0 saturated heterocycles. The Morgan fingerprint density at radius 2 is 2.08 bits per heavy atom. The minimum atomic E-state index is 0.548. The van der Waals surface area contributed by atoms with Gasteiger partial charge in [0.15, 0.2) is 0 Å². The number of hydrogen-bond acceptors (Lipinski definition) is 1. The smallest absolute Gasteiger partial charge is 0.0118 e. The van der Waals surface area contributed by atoms with Crippen molar-refractivity contribution >= 4 is 0 Å². The lowest BCUT2D eigenvalue weighted by Gasteiger charge is -2.27. The summed E-state index contributed by atoms with van der Waals surface area (Å²) in [5, 5.41) is 3.71. The second-order valence-electron chi connectivity index (χ2n) is 5.09. The van der Waals surface area contributed by atoms with Gasteiger partial charge in [-0.2, -0.15) is 0 Å². The Kier molecular flexibility index (Phi) is 4.24. The normalized spacial score (nSPS) is 26.5. The fraction of sp³-hybridized carbons (Fsp3) is 1.00. The molecule has 0 radical (unpaired) electrons. The Bertz CT molecular complexity index is 140. The molecule has 0 spiro atoms. The maximum atomic E-state index is 3.71. The van der Waals surface area contributed by atoms with E-state index in [0.717, 1.165) is 6.04 Å². The van der Waals surface area contributed by atoms with Crippen LogP contribution < -0.4 is 5.32 Å². The van der Waals surface area contributed by atoms with Crippen LogP contribution in [0.3, 0.4) is 0 Å². The van der Waals surface area contributed by atoms with Gasteiger partial charge in [-0.1, -0.05) is 40.0 Å². The van der Waals surface area contributed by atoms with Gasteiger partial charge in [-0.05, 0) is 31.2 Å². The van der Waals surface area contributed by atoms with Crippen molar-refractivity contribution in [2.45, 2.75) is 65.3 Å². The van der Waals surface area contributed by atoms with Crippen molar-refractivity contribution in [1.82, 2.24) is 5.32 Å². The summed E-state index contributed by atoms with van der Waals surface area (Å²) in [6, 6.07) is 0.782. The van der Waals surface area contributed by atoms with E-state index in [4.69, 9.17) is 0 Å². The Hall–Kier alpha value is -0.0400. The zero-order chi connectivity index (χ0) is 9.73. The molecule has 0 amide bonds. The Morgan fingerprint density at radius 3 is 2.62 bits per heavy atom. The van der Waals surface area contributed by atoms with Crippen LogP contribution in [-0.2, 0) is 0 Å². The van der Waals surface area contributed by atoms with Crippen LogP contribution in [0.4, 0.5) is 0 Å². The van der Waals surface area contributed by atoms with Crippen LogP contribution in [0.2, 0.25) is 0 Å². The molecule has 78 valence electrons. The molecule has 13 heavy (non-hydrogen) atoms. The Morgan fingerprint density at radius 1 is 1.31 bits per heavy atom. The first-order chi connectivity index (χ1) is 6.17. The van der Waals surface area contributed by atoms with Crippen LogP contribution in [0.25, 0.3) is 0 Å². The molecule has 1 fully saturated rings. The van der Waals surface area contributed by atoms with Gasteiger partial charge in [0.2, 0.25) is 0 Å². The van der Waals surface area contributed by atoms with E-state index in [2.05, 4.69) is 26.1 Å². The highest BCUT2D eigenvalue weighted by molar-refractivity contribution is 4.89. The Balaban J connectivity index is 2.14. The van der Waals surface area contributed by atoms with Gasteiger partial charge in [-0.25, -0.2) is 0 Å². The second-order valence-corrected chi connectivity index (χ2v) is 5.09. The number of rotatable bonds is 5. The maximum absolute atomic E-state index is 3.71. The van der Waals surface area contributed by atoms with Gasteiger partial charge in [0.1, 0.15) is 0 Å². The van der Waals surface area contributed by atoms with Crippen molar-refractivity contribution in [1.29, 1.82) is 0 Å². The van der Waals surface area contributed by atoms with E-state index in [0.29, 0.717) is 5.41 Å². The Labute approximate surface area is 83.3 Å². The molecule has 1 N–H and O–H groups in total. The second kappa shape index (κ2) is 4.99. The molecule has 0 bridgehead atoms. The standard InChI is InChI=1S/C12H25N/c1-4-5-6-10-13-11-8-7-9-12(11,2)3/h11,13H,4-10H2,1-3H3. The predicted octanol–water partition coefficient (Wildman–Crippen LogP) is 3.34. The topological polar surface area (TPSA) is 12.0 Å². The zero-order valence-electron chi connectivity index (χ0n) is 9.53. The van der Waals surface area contributed by atoms with Crippen molar-refractivity contribution in [2.24, 2.45) is 5.41 Å². The molecule has 0 heterocycles. The molecule has 1 atom stereocenters. The first-order valence-electron chi connectivity index (χ1n) is 5.90. The van der Waals surface area contributed by atoms with E-state index in [-0.39, 0.29) is 0 Å². The van der Waals surface area contributed by atoms with E-state index < -0.39 is 0 Å². The fourth-order valence-electron chi connectivity index (χ4n) is 2.36. The average Bonchev–Trinajstić information content (AvgIpc) is 2.40. The fourth-order valence-corrected chi connectivity index (χ4v) is 2.36. The third-order valence-corrected chi connectivity index (χ3v) is 3.43. The summed E-state index contributed by atoms with van der Waals surface area (Å²) in [7, 11) is 0. The van der Waals surface area contributed by atoms with E-state index in [1.807, 2.05) is 0 Å². The highest BCUT2D eigenvalue weighted by Gasteiger charge is 2.33. The molecule has 1 aliphatic rings. The third-order valence-electron chi connectivity index (χ3n) is 3.43. The van der Waals surface area contributed by atoms with Gasteiger partial charge < -0.3 is 5.32 Å². The van der Waals surface area contributed by atoms with Gasteiger partial charge >= 0.3 is 0 Å². The molecule has 1 heteroatoms. The van der Waals surface area contributed by atoms with E-state index in [1.54, 1.807) is 0 Å². The molecular formula is C12H25N.